The lowest BCUT2D eigenvalue weighted by Gasteiger charge is -2.14. The van der Waals surface area contributed by atoms with Crippen molar-refractivity contribution in [2.45, 2.75) is 19.8 Å². The number of hydrogen-bond acceptors (Lipinski definition) is 4. The zero-order chi connectivity index (χ0) is 30.9. The molecule has 7 aromatic rings. The van der Waals surface area contributed by atoms with Gasteiger partial charge in [0.05, 0.1) is 0 Å². The van der Waals surface area contributed by atoms with Crippen LogP contribution in [0.5, 0.6) is 0 Å². The number of furan rings is 1. The summed E-state index contributed by atoms with van der Waals surface area (Å²) in [5, 5.41) is 5.82. The predicted molar refractivity (Wildman–Crippen MR) is 189 cm³/mol. The monoisotopic (exact) mass is 593 g/mol. The fraction of sp³-hybridized carbons (Fsp3) is 0.0714. The van der Waals surface area contributed by atoms with Crippen molar-refractivity contribution in [2.24, 2.45) is 0 Å². The van der Waals surface area contributed by atoms with E-state index in [-0.39, 0.29) is 0 Å². The van der Waals surface area contributed by atoms with Crippen molar-refractivity contribution < 1.29 is 4.42 Å². The summed E-state index contributed by atoms with van der Waals surface area (Å²) in [6.45, 7) is 2.06. The summed E-state index contributed by atoms with van der Waals surface area (Å²) >= 11 is 0. The molecule has 2 heterocycles. The van der Waals surface area contributed by atoms with Crippen molar-refractivity contribution in [3.05, 3.63) is 161 Å². The first kappa shape index (κ1) is 27.7. The van der Waals surface area contributed by atoms with Crippen LogP contribution in [-0.2, 0) is 6.42 Å². The average Bonchev–Trinajstić information content (AvgIpc) is 3.50. The van der Waals surface area contributed by atoms with Crippen molar-refractivity contribution in [3.63, 3.8) is 0 Å². The van der Waals surface area contributed by atoms with Gasteiger partial charge in [-0.2, -0.15) is 0 Å². The van der Waals surface area contributed by atoms with Crippen LogP contribution in [0, 0.1) is 0 Å². The molecule has 2 aromatic heterocycles. The number of aromatic nitrogens is 3. The van der Waals surface area contributed by atoms with Crippen LogP contribution in [0.2, 0.25) is 0 Å². The van der Waals surface area contributed by atoms with Crippen molar-refractivity contribution in [3.8, 4) is 22.8 Å². The van der Waals surface area contributed by atoms with E-state index in [0.29, 0.717) is 17.5 Å². The van der Waals surface area contributed by atoms with Gasteiger partial charge in [-0.05, 0) is 58.3 Å². The van der Waals surface area contributed by atoms with E-state index >= 15 is 0 Å². The highest BCUT2D eigenvalue weighted by Gasteiger charge is 2.25. The van der Waals surface area contributed by atoms with Crippen LogP contribution in [0.4, 0.5) is 0 Å². The molecule has 0 unspecified atom stereocenters. The molecule has 8 rings (SSSR count). The van der Waals surface area contributed by atoms with Crippen LogP contribution >= 0.6 is 0 Å². The first-order valence-corrected chi connectivity index (χ1v) is 15.7. The molecular formula is C42H31N3O. The van der Waals surface area contributed by atoms with E-state index in [1.807, 2.05) is 30.3 Å². The molecule has 46 heavy (non-hydrogen) atoms. The van der Waals surface area contributed by atoms with Gasteiger partial charge in [0.25, 0.3) is 0 Å². The fourth-order valence-corrected chi connectivity index (χ4v) is 6.25. The first-order chi connectivity index (χ1) is 22.7. The summed E-state index contributed by atoms with van der Waals surface area (Å²) in [6.07, 6.45) is 12.4. The van der Waals surface area contributed by atoms with Crippen molar-refractivity contribution in [2.75, 3.05) is 0 Å². The van der Waals surface area contributed by atoms with Crippen molar-refractivity contribution in [1.82, 2.24) is 15.0 Å². The fourth-order valence-electron chi connectivity index (χ4n) is 6.25. The van der Waals surface area contributed by atoms with Crippen molar-refractivity contribution in [1.29, 1.82) is 0 Å². The molecule has 0 amide bonds. The quantitative estimate of drug-likeness (QED) is 0.200. The summed E-state index contributed by atoms with van der Waals surface area (Å²) in [5.41, 5.74) is 5.93. The molecule has 5 aromatic carbocycles. The molecule has 220 valence electrons. The summed E-state index contributed by atoms with van der Waals surface area (Å²) < 4.78 is 6.50. The number of allylic oxidation sites excluding steroid dienone is 2. The van der Waals surface area contributed by atoms with E-state index < -0.39 is 0 Å². The lowest BCUT2D eigenvalue weighted by atomic mass is 9.93. The highest BCUT2D eigenvalue weighted by molar-refractivity contribution is 5.98. The lowest BCUT2D eigenvalue weighted by molar-refractivity contribution is 0.545. The molecule has 0 atom stereocenters. The standard InChI is InChI=1S/C42H31N3O/c1-2-29-13-6-7-14-30(29)19-10-12-28-22-25-35-38(26-28)46-37-21-11-20-36(39(35)37)42-44-40(32-16-4-3-5-17-32)43-41(45-42)34-24-23-31-15-8-9-18-33(31)27-34/h2-10,12-20,22-27H,11,21H2,1H3/b12-10+,29-2-,30-19-. The molecule has 0 saturated carbocycles. The molecule has 0 saturated heterocycles. The van der Waals surface area contributed by atoms with Gasteiger partial charge in [0.2, 0.25) is 0 Å². The second kappa shape index (κ2) is 11.9. The van der Waals surface area contributed by atoms with Gasteiger partial charge in [0, 0.05) is 34.1 Å². The Kier molecular flexibility index (Phi) is 7.16. The number of hydrogen-bond donors (Lipinski definition) is 0. The number of aryl methyl sites for hydroxylation is 1. The van der Waals surface area contributed by atoms with E-state index in [9.17, 15) is 0 Å². The highest BCUT2D eigenvalue weighted by Crippen LogP contribution is 2.39. The average molecular weight is 594 g/mol. The Morgan fingerprint density at radius 2 is 1.39 bits per heavy atom. The molecule has 0 N–H and O–H groups in total. The number of fused-ring (bicyclic) bond motifs is 4. The molecule has 0 radical (unpaired) electrons. The Labute approximate surface area is 267 Å². The van der Waals surface area contributed by atoms with Crippen LogP contribution < -0.4 is 10.4 Å². The molecule has 1 aliphatic carbocycles. The minimum absolute atomic E-state index is 0.653. The summed E-state index contributed by atoms with van der Waals surface area (Å²) in [7, 11) is 0. The Balaban J connectivity index is 1.22. The zero-order valence-electron chi connectivity index (χ0n) is 25.5. The molecule has 0 spiro atoms. The third-order valence-electron chi connectivity index (χ3n) is 8.56. The SMILES string of the molecule is C/C=c1/cccc/c1=C/C=C/c1ccc2c3c(oc2c1)CCC=C3c1nc(-c2ccccc2)nc(-c2ccc3ccccc3c2)n1. The normalized spacial score (nSPS) is 13.9. The third-order valence-corrected chi connectivity index (χ3v) is 8.56. The maximum Gasteiger partial charge on any atom is 0.164 e. The Bertz CT molecular complexity index is 2430. The van der Waals surface area contributed by atoms with Crippen LogP contribution in [-0.4, -0.2) is 15.0 Å². The third kappa shape index (κ3) is 5.24. The van der Waals surface area contributed by atoms with Crippen molar-refractivity contribution >= 4 is 45.5 Å². The van der Waals surface area contributed by atoms with Crippen LogP contribution in [0.1, 0.15) is 36.1 Å². The van der Waals surface area contributed by atoms with Gasteiger partial charge >= 0.3 is 0 Å². The highest BCUT2D eigenvalue weighted by atomic mass is 16.3. The van der Waals surface area contributed by atoms with Gasteiger partial charge in [-0.25, -0.2) is 15.0 Å². The summed E-state index contributed by atoms with van der Waals surface area (Å²) in [4.78, 5) is 15.1. The van der Waals surface area contributed by atoms with Gasteiger partial charge in [-0.3, -0.25) is 0 Å². The van der Waals surface area contributed by atoms with Crippen LogP contribution in [0.3, 0.4) is 0 Å². The smallest absolute Gasteiger partial charge is 0.164 e. The van der Waals surface area contributed by atoms with Gasteiger partial charge in [-0.15, -0.1) is 0 Å². The minimum Gasteiger partial charge on any atom is -0.460 e. The van der Waals surface area contributed by atoms with Gasteiger partial charge in [0.15, 0.2) is 17.5 Å². The summed E-state index contributed by atoms with van der Waals surface area (Å²) in [6, 6.07) is 39.7. The maximum atomic E-state index is 6.50. The van der Waals surface area contributed by atoms with E-state index in [2.05, 4.69) is 122 Å². The predicted octanol–water partition coefficient (Wildman–Crippen LogP) is 8.78. The molecule has 4 nitrogen and oxygen atoms in total. The van der Waals surface area contributed by atoms with Gasteiger partial charge < -0.3 is 4.42 Å². The molecule has 1 aliphatic rings. The Morgan fingerprint density at radius 3 is 2.24 bits per heavy atom. The number of nitrogens with zero attached hydrogens (tertiary/aromatic N) is 3. The first-order valence-electron chi connectivity index (χ1n) is 15.7. The Morgan fingerprint density at radius 1 is 0.652 bits per heavy atom. The molecule has 0 bridgehead atoms. The molecule has 0 fully saturated rings. The van der Waals surface area contributed by atoms with Gasteiger partial charge in [-0.1, -0.05) is 127 Å². The zero-order valence-corrected chi connectivity index (χ0v) is 25.5. The topological polar surface area (TPSA) is 51.8 Å². The van der Waals surface area contributed by atoms with Gasteiger partial charge in [0.1, 0.15) is 11.3 Å². The lowest BCUT2D eigenvalue weighted by Crippen LogP contribution is -2.22. The largest absolute Gasteiger partial charge is 0.460 e. The maximum absolute atomic E-state index is 6.50. The number of rotatable bonds is 5. The van der Waals surface area contributed by atoms with E-state index in [0.717, 1.165) is 62.8 Å². The molecule has 0 aliphatic heterocycles. The summed E-state index contributed by atoms with van der Waals surface area (Å²) in [5.74, 6) is 2.94. The van der Waals surface area contributed by atoms with E-state index in [1.54, 1.807) is 0 Å². The molecule has 4 heteroatoms. The van der Waals surface area contributed by atoms with E-state index in [1.165, 1.54) is 15.8 Å². The molecular weight excluding hydrogens is 562 g/mol. The Hall–Kier alpha value is -5.87. The number of benzene rings is 5. The van der Waals surface area contributed by atoms with Crippen LogP contribution in [0.25, 0.3) is 68.3 Å². The van der Waals surface area contributed by atoms with Crippen LogP contribution in [0.15, 0.2) is 132 Å². The second-order valence-corrected chi connectivity index (χ2v) is 11.5. The minimum atomic E-state index is 0.653. The van der Waals surface area contributed by atoms with E-state index in [4.69, 9.17) is 19.4 Å². The second-order valence-electron chi connectivity index (χ2n) is 11.5.